The average Bonchev–Trinajstić information content (AvgIpc) is 3.17. The lowest BCUT2D eigenvalue weighted by atomic mass is 9.94. The molecule has 1 N–H and O–H groups in total. The highest BCUT2D eigenvalue weighted by molar-refractivity contribution is 5.82. The summed E-state index contributed by atoms with van der Waals surface area (Å²) < 4.78 is 10.6. The van der Waals surface area contributed by atoms with Crippen molar-refractivity contribution in [1.29, 1.82) is 0 Å². The Morgan fingerprint density at radius 2 is 1.75 bits per heavy atom. The van der Waals surface area contributed by atoms with E-state index in [-0.39, 0.29) is 16.9 Å². The molecule has 0 unspecified atom stereocenters. The van der Waals surface area contributed by atoms with Gasteiger partial charge in [-0.3, -0.25) is 4.79 Å². The summed E-state index contributed by atoms with van der Waals surface area (Å²) in [6.07, 6.45) is 1.93. The Kier molecular flexibility index (Phi) is 3.67. The Morgan fingerprint density at radius 1 is 1.15 bits per heavy atom. The second kappa shape index (κ2) is 5.00. The van der Waals surface area contributed by atoms with Gasteiger partial charge in [-0.2, -0.15) is 0 Å². The van der Waals surface area contributed by atoms with E-state index in [1.165, 1.54) is 0 Å². The van der Waals surface area contributed by atoms with Crippen LogP contribution in [0.15, 0.2) is 18.2 Å². The summed E-state index contributed by atoms with van der Waals surface area (Å²) in [6, 6.07) is 5.84. The van der Waals surface area contributed by atoms with Crippen LogP contribution in [-0.2, 0) is 10.3 Å². The summed E-state index contributed by atoms with van der Waals surface area (Å²) in [6.45, 7) is 5.77. The fourth-order valence-electron chi connectivity index (χ4n) is 2.15. The highest BCUT2D eigenvalue weighted by Gasteiger charge is 2.47. The van der Waals surface area contributed by atoms with E-state index in [4.69, 9.17) is 9.47 Å². The number of nitrogens with one attached hydrogen (secondary N) is 1. The van der Waals surface area contributed by atoms with Gasteiger partial charge in [-0.15, -0.1) is 0 Å². The second-order valence-electron chi connectivity index (χ2n) is 6.36. The van der Waals surface area contributed by atoms with E-state index in [0.717, 1.165) is 18.4 Å². The number of hydrogen-bond donors (Lipinski definition) is 1. The van der Waals surface area contributed by atoms with Crippen LogP contribution in [-0.4, -0.2) is 20.1 Å². The molecule has 0 heterocycles. The van der Waals surface area contributed by atoms with E-state index < -0.39 is 0 Å². The van der Waals surface area contributed by atoms with E-state index in [2.05, 4.69) is 5.32 Å². The summed E-state index contributed by atoms with van der Waals surface area (Å²) >= 11 is 0. The number of methoxy groups -OCH3 is 2. The van der Waals surface area contributed by atoms with Crippen molar-refractivity contribution in [1.82, 2.24) is 5.32 Å². The Balaban J connectivity index is 2.25. The standard InChI is InChI=1S/C16H23NO3/c1-15(2,3)14(18)17-16(8-9-16)11-6-7-12(19-4)13(10-11)20-5/h6-7,10H,8-9H2,1-5H3,(H,17,18). The topological polar surface area (TPSA) is 47.6 Å². The van der Waals surface area contributed by atoms with Crippen LogP contribution in [0.1, 0.15) is 39.2 Å². The molecule has 1 amide bonds. The molecule has 1 aromatic rings. The van der Waals surface area contributed by atoms with Crippen LogP contribution >= 0.6 is 0 Å². The maximum Gasteiger partial charge on any atom is 0.226 e. The van der Waals surface area contributed by atoms with Gasteiger partial charge in [0.05, 0.1) is 19.8 Å². The summed E-state index contributed by atoms with van der Waals surface area (Å²) in [5, 5.41) is 3.18. The van der Waals surface area contributed by atoms with Crippen molar-refractivity contribution < 1.29 is 14.3 Å². The minimum absolute atomic E-state index is 0.0739. The number of benzene rings is 1. The molecule has 0 spiro atoms. The first-order valence-corrected chi connectivity index (χ1v) is 6.87. The number of carbonyl (C=O) groups excluding carboxylic acids is 1. The third kappa shape index (κ3) is 2.74. The van der Waals surface area contributed by atoms with E-state index in [1.54, 1.807) is 14.2 Å². The van der Waals surface area contributed by atoms with Gasteiger partial charge in [0.15, 0.2) is 11.5 Å². The molecule has 1 saturated carbocycles. The third-order valence-corrected chi connectivity index (χ3v) is 3.72. The third-order valence-electron chi connectivity index (χ3n) is 3.72. The average molecular weight is 277 g/mol. The summed E-state index contributed by atoms with van der Waals surface area (Å²) in [5.74, 6) is 1.47. The second-order valence-corrected chi connectivity index (χ2v) is 6.36. The molecule has 0 bridgehead atoms. The van der Waals surface area contributed by atoms with Gasteiger partial charge in [0.25, 0.3) is 0 Å². The van der Waals surface area contributed by atoms with Gasteiger partial charge in [-0.05, 0) is 30.5 Å². The van der Waals surface area contributed by atoms with Gasteiger partial charge in [0.2, 0.25) is 5.91 Å². The molecule has 1 aromatic carbocycles. The highest BCUT2D eigenvalue weighted by Crippen LogP contribution is 2.48. The lowest BCUT2D eigenvalue weighted by Crippen LogP contribution is -2.41. The van der Waals surface area contributed by atoms with Crippen molar-refractivity contribution in [2.75, 3.05) is 14.2 Å². The number of carbonyl (C=O) groups is 1. The molecule has 4 heteroatoms. The first-order chi connectivity index (χ1) is 9.32. The fourth-order valence-corrected chi connectivity index (χ4v) is 2.15. The van der Waals surface area contributed by atoms with Crippen molar-refractivity contribution in [3.63, 3.8) is 0 Å². The monoisotopic (exact) mass is 277 g/mol. The smallest absolute Gasteiger partial charge is 0.226 e. The molecule has 1 aliphatic rings. The van der Waals surface area contributed by atoms with Crippen LogP contribution in [0.2, 0.25) is 0 Å². The minimum Gasteiger partial charge on any atom is -0.493 e. The number of hydrogen-bond acceptors (Lipinski definition) is 3. The van der Waals surface area contributed by atoms with Crippen LogP contribution in [0.4, 0.5) is 0 Å². The van der Waals surface area contributed by atoms with E-state index in [9.17, 15) is 4.79 Å². The Bertz CT molecular complexity index is 513. The first kappa shape index (κ1) is 14.7. The van der Waals surface area contributed by atoms with Crippen LogP contribution in [0.25, 0.3) is 0 Å². The van der Waals surface area contributed by atoms with Crippen LogP contribution in [0.3, 0.4) is 0 Å². The number of ether oxygens (including phenoxy) is 2. The number of amides is 1. The zero-order valence-corrected chi connectivity index (χ0v) is 12.9. The molecule has 20 heavy (non-hydrogen) atoms. The van der Waals surface area contributed by atoms with E-state index in [0.29, 0.717) is 11.5 Å². The van der Waals surface area contributed by atoms with Gasteiger partial charge >= 0.3 is 0 Å². The van der Waals surface area contributed by atoms with Crippen molar-refractivity contribution in [3.8, 4) is 11.5 Å². The highest BCUT2D eigenvalue weighted by atomic mass is 16.5. The zero-order valence-electron chi connectivity index (χ0n) is 12.9. The molecule has 110 valence electrons. The summed E-state index contributed by atoms with van der Waals surface area (Å²) in [4.78, 5) is 12.2. The fraction of sp³-hybridized carbons (Fsp3) is 0.562. The van der Waals surface area contributed by atoms with Crippen molar-refractivity contribution >= 4 is 5.91 Å². The lowest BCUT2D eigenvalue weighted by molar-refractivity contribution is -0.129. The minimum atomic E-state index is -0.383. The quantitative estimate of drug-likeness (QED) is 0.920. The van der Waals surface area contributed by atoms with Crippen molar-refractivity contribution in [2.24, 2.45) is 5.41 Å². The molecule has 0 saturated heterocycles. The molecule has 0 aromatic heterocycles. The summed E-state index contributed by atoms with van der Waals surface area (Å²) in [5.41, 5.74) is 0.462. The van der Waals surface area contributed by atoms with E-state index >= 15 is 0 Å². The van der Waals surface area contributed by atoms with Gasteiger partial charge < -0.3 is 14.8 Å². The molecule has 4 nitrogen and oxygen atoms in total. The van der Waals surface area contributed by atoms with Crippen LogP contribution < -0.4 is 14.8 Å². The predicted octanol–water partition coefficient (Wildman–Crippen LogP) is 2.86. The molecule has 1 fully saturated rings. The van der Waals surface area contributed by atoms with Crippen molar-refractivity contribution in [2.45, 2.75) is 39.2 Å². The SMILES string of the molecule is COc1ccc(C2(NC(=O)C(C)(C)C)CC2)cc1OC. The number of rotatable bonds is 4. The largest absolute Gasteiger partial charge is 0.493 e. The van der Waals surface area contributed by atoms with Crippen LogP contribution in [0, 0.1) is 5.41 Å². The normalized spacial score (nSPS) is 16.4. The molecule has 0 aliphatic heterocycles. The zero-order chi connectivity index (χ0) is 15.0. The Labute approximate surface area is 120 Å². The summed E-state index contributed by atoms with van der Waals surface area (Å²) in [7, 11) is 3.24. The van der Waals surface area contributed by atoms with Gasteiger partial charge in [-0.1, -0.05) is 26.8 Å². The van der Waals surface area contributed by atoms with Gasteiger partial charge in [0.1, 0.15) is 0 Å². The Morgan fingerprint density at radius 3 is 2.20 bits per heavy atom. The molecule has 1 aliphatic carbocycles. The predicted molar refractivity (Wildman–Crippen MR) is 78.1 cm³/mol. The molecule has 0 radical (unpaired) electrons. The Hall–Kier alpha value is -1.71. The molecule has 0 atom stereocenters. The van der Waals surface area contributed by atoms with Gasteiger partial charge in [0, 0.05) is 5.41 Å². The van der Waals surface area contributed by atoms with Crippen molar-refractivity contribution in [3.05, 3.63) is 23.8 Å². The lowest BCUT2D eigenvalue weighted by Gasteiger charge is -2.25. The van der Waals surface area contributed by atoms with Crippen LogP contribution in [0.5, 0.6) is 11.5 Å². The van der Waals surface area contributed by atoms with E-state index in [1.807, 2.05) is 39.0 Å². The molecule has 2 rings (SSSR count). The first-order valence-electron chi connectivity index (χ1n) is 6.87. The van der Waals surface area contributed by atoms with Gasteiger partial charge in [-0.25, -0.2) is 0 Å². The molecular formula is C16H23NO3. The molecular weight excluding hydrogens is 254 g/mol. The maximum absolute atomic E-state index is 12.2. The maximum atomic E-state index is 12.2.